The highest BCUT2D eigenvalue weighted by Gasteiger charge is 1.96. The first-order valence-electron chi connectivity index (χ1n) is 4.88. The van der Waals surface area contributed by atoms with E-state index in [2.05, 4.69) is 33.4 Å². The molecule has 0 fully saturated rings. The molecule has 0 spiro atoms. The molecule has 0 atom stereocenters. The third-order valence-electron chi connectivity index (χ3n) is 1.94. The van der Waals surface area contributed by atoms with Gasteiger partial charge < -0.3 is 10.4 Å². The van der Waals surface area contributed by atoms with Gasteiger partial charge in [-0.1, -0.05) is 0 Å². The van der Waals surface area contributed by atoms with Crippen molar-refractivity contribution in [2.75, 3.05) is 19.7 Å². The molecule has 2 nitrogen and oxygen atoms in total. The van der Waals surface area contributed by atoms with E-state index in [1.54, 1.807) is 11.3 Å². The molecule has 0 saturated carbocycles. The molecule has 0 aliphatic rings. The van der Waals surface area contributed by atoms with Gasteiger partial charge in [0.15, 0.2) is 0 Å². The van der Waals surface area contributed by atoms with Crippen LogP contribution in [-0.2, 0) is 6.42 Å². The first-order valence-corrected chi connectivity index (χ1v) is 6.49. The molecule has 14 heavy (non-hydrogen) atoms. The third-order valence-corrected chi connectivity index (χ3v) is 3.62. The first kappa shape index (κ1) is 12.2. The van der Waals surface area contributed by atoms with Gasteiger partial charge in [0.25, 0.3) is 0 Å². The summed E-state index contributed by atoms with van der Waals surface area (Å²) in [6.07, 6.45) is 3.05. The van der Waals surface area contributed by atoms with Crippen LogP contribution in [0.1, 0.15) is 17.7 Å². The zero-order chi connectivity index (χ0) is 10.2. The normalized spacial score (nSPS) is 10.7. The number of halogens is 1. The van der Waals surface area contributed by atoms with Crippen molar-refractivity contribution in [2.45, 2.75) is 19.3 Å². The Labute approximate surface area is 97.5 Å². The fourth-order valence-corrected chi connectivity index (χ4v) is 2.67. The van der Waals surface area contributed by atoms with Crippen molar-refractivity contribution in [3.05, 3.63) is 20.8 Å². The maximum Gasteiger partial charge on any atom is 0.0701 e. The summed E-state index contributed by atoms with van der Waals surface area (Å²) in [4.78, 5) is 1.41. The standard InChI is InChI=1S/C10H16BrNOS/c11-10-4-3-9(14-10)5-7-12-6-1-2-8-13/h3-4,12-13H,1-2,5-8H2. The monoisotopic (exact) mass is 277 g/mol. The molecule has 0 unspecified atom stereocenters. The minimum Gasteiger partial charge on any atom is -0.396 e. The highest BCUT2D eigenvalue weighted by atomic mass is 79.9. The molecule has 4 heteroatoms. The summed E-state index contributed by atoms with van der Waals surface area (Å²) in [6.45, 7) is 2.34. The van der Waals surface area contributed by atoms with Crippen molar-refractivity contribution in [3.8, 4) is 0 Å². The van der Waals surface area contributed by atoms with Crippen molar-refractivity contribution < 1.29 is 5.11 Å². The molecule has 1 heterocycles. The van der Waals surface area contributed by atoms with Gasteiger partial charge in [-0.25, -0.2) is 0 Å². The highest BCUT2D eigenvalue weighted by Crippen LogP contribution is 2.21. The lowest BCUT2D eigenvalue weighted by molar-refractivity contribution is 0.284. The summed E-state index contributed by atoms with van der Waals surface area (Å²) in [5, 5.41) is 11.9. The number of aliphatic hydroxyl groups excluding tert-OH is 1. The molecule has 0 saturated heterocycles. The molecule has 80 valence electrons. The van der Waals surface area contributed by atoms with E-state index < -0.39 is 0 Å². The second kappa shape index (κ2) is 7.40. The van der Waals surface area contributed by atoms with Crippen molar-refractivity contribution in [1.29, 1.82) is 0 Å². The van der Waals surface area contributed by atoms with E-state index in [1.807, 2.05) is 0 Å². The zero-order valence-electron chi connectivity index (χ0n) is 8.13. The Hall–Kier alpha value is 0.1000. The fourth-order valence-electron chi connectivity index (χ4n) is 1.18. The Morgan fingerprint density at radius 1 is 1.29 bits per heavy atom. The predicted molar refractivity (Wildman–Crippen MR) is 64.9 cm³/mol. The van der Waals surface area contributed by atoms with Crippen LogP contribution in [0.3, 0.4) is 0 Å². The Kier molecular flexibility index (Phi) is 6.43. The second-order valence-electron chi connectivity index (χ2n) is 3.14. The van der Waals surface area contributed by atoms with Crippen molar-refractivity contribution in [3.63, 3.8) is 0 Å². The van der Waals surface area contributed by atoms with Gasteiger partial charge in [-0.05, 0) is 60.4 Å². The van der Waals surface area contributed by atoms with Crippen LogP contribution < -0.4 is 5.32 Å². The summed E-state index contributed by atoms with van der Waals surface area (Å²) in [5.41, 5.74) is 0. The lowest BCUT2D eigenvalue weighted by Crippen LogP contribution is -2.18. The van der Waals surface area contributed by atoms with Crippen LogP contribution in [-0.4, -0.2) is 24.8 Å². The van der Waals surface area contributed by atoms with Gasteiger partial charge in [0.2, 0.25) is 0 Å². The summed E-state index contributed by atoms with van der Waals surface area (Å²) in [5.74, 6) is 0. The number of rotatable bonds is 7. The van der Waals surface area contributed by atoms with Crippen LogP contribution in [0.2, 0.25) is 0 Å². The average molecular weight is 278 g/mol. The Bertz CT molecular complexity index is 252. The number of unbranched alkanes of at least 4 members (excludes halogenated alkanes) is 1. The van der Waals surface area contributed by atoms with Crippen LogP contribution in [0, 0.1) is 0 Å². The Morgan fingerprint density at radius 2 is 2.14 bits per heavy atom. The topological polar surface area (TPSA) is 32.3 Å². The number of aliphatic hydroxyl groups is 1. The van der Waals surface area contributed by atoms with Crippen LogP contribution in [0.15, 0.2) is 15.9 Å². The molecule has 0 bridgehead atoms. The lowest BCUT2D eigenvalue weighted by Gasteiger charge is -2.01. The van der Waals surface area contributed by atoms with E-state index in [4.69, 9.17) is 5.11 Å². The summed E-state index contributed by atoms with van der Waals surface area (Å²) >= 11 is 5.24. The molecule has 0 amide bonds. The number of hydrogen-bond donors (Lipinski definition) is 2. The van der Waals surface area contributed by atoms with E-state index in [-0.39, 0.29) is 0 Å². The fraction of sp³-hybridized carbons (Fsp3) is 0.600. The van der Waals surface area contributed by atoms with Crippen molar-refractivity contribution >= 4 is 27.3 Å². The number of hydrogen-bond acceptors (Lipinski definition) is 3. The summed E-state index contributed by atoms with van der Waals surface area (Å²) in [6, 6.07) is 4.25. The maximum atomic E-state index is 8.57. The molecule has 1 aromatic rings. The van der Waals surface area contributed by atoms with Gasteiger partial charge in [0, 0.05) is 11.5 Å². The third kappa shape index (κ3) is 5.10. The predicted octanol–water partition coefficient (Wildman–Crippen LogP) is 2.42. The number of thiophene rings is 1. The lowest BCUT2D eigenvalue weighted by atomic mass is 10.3. The minimum atomic E-state index is 0.305. The molecule has 1 aromatic heterocycles. The van der Waals surface area contributed by atoms with Gasteiger partial charge in [-0.15, -0.1) is 11.3 Å². The molecule has 0 radical (unpaired) electrons. The van der Waals surface area contributed by atoms with Crippen LogP contribution in [0.5, 0.6) is 0 Å². The molecule has 0 aliphatic carbocycles. The SMILES string of the molecule is OCCCCNCCc1ccc(Br)s1. The largest absolute Gasteiger partial charge is 0.396 e. The van der Waals surface area contributed by atoms with Crippen LogP contribution in [0.4, 0.5) is 0 Å². The number of nitrogens with one attached hydrogen (secondary N) is 1. The van der Waals surface area contributed by atoms with E-state index in [9.17, 15) is 0 Å². The van der Waals surface area contributed by atoms with Gasteiger partial charge in [-0.3, -0.25) is 0 Å². The highest BCUT2D eigenvalue weighted by molar-refractivity contribution is 9.11. The van der Waals surface area contributed by atoms with Gasteiger partial charge in [0.05, 0.1) is 3.79 Å². The zero-order valence-corrected chi connectivity index (χ0v) is 10.5. The maximum absolute atomic E-state index is 8.57. The van der Waals surface area contributed by atoms with Gasteiger partial charge in [-0.2, -0.15) is 0 Å². The van der Waals surface area contributed by atoms with Crippen molar-refractivity contribution in [2.24, 2.45) is 0 Å². The summed E-state index contributed by atoms with van der Waals surface area (Å²) < 4.78 is 1.20. The van der Waals surface area contributed by atoms with Crippen molar-refractivity contribution in [1.82, 2.24) is 5.32 Å². The first-order chi connectivity index (χ1) is 6.83. The van der Waals surface area contributed by atoms with E-state index >= 15 is 0 Å². The second-order valence-corrected chi connectivity index (χ2v) is 5.68. The summed E-state index contributed by atoms with van der Waals surface area (Å²) in [7, 11) is 0. The molecule has 0 aliphatic heterocycles. The minimum absolute atomic E-state index is 0.305. The smallest absolute Gasteiger partial charge is 0.0701 e. The quantitative estimate of drug-likeness (QED) is 0.751. The van der Waals surface area contributed by atoms with E-state index in [0.29, 0.717) is 6.61 Å². The van der Waals surface area contributed by atoms with Gasteiger partial charge in [0.1, 0.15) is 0 Å². The molecular formula is C10H16BrNOS. The molecule has 1 rings (SSSR count). The Morgan fingerprint density at radius 3 is 2.79 bits per heavy atom. The molecular weight excluding hydrogens is 262 g/mol. The van der Waals surface area contributed by atoms with Gasteiger partial charge >= 0.3 is 0 Å². The van der Waals surface area contributed by atoms with Crippen LogP contribution >= 0.6 is 27.3 Å². The molecule has 0 aromatic carbocycles. The average Bonchev–Trinajstić information content (AvgIpc) is 2.58. The Balaban J connectivity index is 1.99. The van der Waals surface area contributed by atoms with E-state index in [0.717, 1.165) is 32.4 Å². The van der Waals surface area contributed by atoms with Crippen LogP contribution in [0.25, 0.3) is 0 Å². The molecule has 2 N–H and O–H groups in total. The van der Waals surface area contributed by atoms with E-state index in [1.165, 1.54) is 8.66 Å².